The van der Waals surface area contributed by atoms with E-state index >= 15 is 0 Å². The first-order valence-electron chi connectivity index (χ1n) is 6.77. The number of anilines is 1. The Kier molecular flexibility index (Phi) is 3.57. The molecule has 5 nitrogen and oxygen atoms in total. The molecule has 2 aromatic rings. The normalized spacial score (nSPS) is 21.8. The van der Waals surface area contributed by atoms with Crippen LogP contribution in [0.2, 0.25) is 0 Å². The lowest BCUT2D eigenvalue weighted by atomic mass is 9.90. The molecule has 1 fully saturated rings. The van der Waals surface area contributed by atoms with Crippen molar-refractivity contribution in [1.29, 1.82) is 0 Å². The van der Waals surface area contributed by atoms with Gasteiger partial charge < -0.3 is 9.64 Å². The van der Waals surface area contributed by atoms with Gasteiger partial charge >= 0.3 is 5.97 Å². The van der Waals surface area contributed by atoms with Gasteiger partial charge in [0.1, 0.15) is 12.1 Å². The largest absolute Gasteiger partial charge is 0.469 e. The van der Waals surface area contributed by atoms with E-state index in [4.69, 9.17) is 4.74 Å². The van der Waals surface area contributed by atoms with Crippen molar-refractivity contribution >= 4 is 38.6 Å². The van der Waals surface area contributed by atoms with Gasteiger partial charge in [0, 0.05) is 22.9 Å². The molecule has 1 unspecified atom stereocenters. The lowest BCUT2D eigenvalue weighted by Crippen LogP contribution is -2.33. The zero-order chi connectivity index (χ0) is 15.0. The number of fused-ring (bicyclic) bond motifs is 1. The van der Waals surface area contributed by atoms with Gasteiger partial charge in [-0.15, -0.1) is 0 Å². The second-order valence-corrected chi connectivity index (χ2v) is 6.50. The molecular weight excluding hydrogens is 334 g/mol. The highest BCUT2D eigenvalue weighted by atomic mass is 79.9. The van der Waals surface area contributed by atoms with Gasteiger partial charge in [0.25, 0.3) is 0 Å². The summed E-state index contributed by atoms with van der Waals surface area (Å²) in [5.74, 6) is 0.707. The predicted molar refractivity (Wildman–Crippen MR) is 84.2 cm³/mol. The number of carbonyl (C=O) groups excluding carboxylic acids is 1. The fourth-order valence-corrected chi connectivity index (χ4v) is 3.18. The number of hydrogen-bond acceptors (Lipinski definition) is 5. The van der Waals surface area contributed by atoms with Crippen molar-refractivity contribution in [1.82, 2.24) is 9.97 Å². The molecule has 0 aliphatic carbocycles. The average molecular weight is 350 g/mol. The molecule has 3 rings (SSSR count). The van der Waals surface area contributed by atoms with Crippen molar-refractivity contribution in [2.24, 2.45) is 5.41 Å². The van der Waals surface area contributed by atoms with E-state index in [0.29, 0.717) is 6.54 Å². The zero-order valence-electron chi connectivity index (χ0n) is 12.0. The number of carbonyl (C=O) groups is 1. The van der Waals surface area contributed by atoms with Crippen LogP contribution in [0.5, 0.6) is 0 Å². The highest BCUT2D eigenvalue weighted by Gasteiger charge is 2.42. The van der Waals surface area contributed by atoms with Crippen LogP contribution in [0, 0.1) is 5.41 Å². The molecule has 0 spiro atoms. The van der Waals surface area contributed by atoms with Crippen LogP contribution in [-0.4, -0.2) is 36.1 Å². The number of methoxy groups -OCH3 is 1. The van der Waals surface area contributed by atoms with Crippen LogP contribution < -0.4 is 4.90 Å². The molecule has 1 aliphatic heterocycles. The molecular formula is C15H16BrN3O2. The van der Waals surface area contributed by atoms with E-state index in [0.717, 1.165) is 34.2 Å². The van der Waals surface area contributed by atoms with Crippen LogP contribution in [0.3, 0.4) is 0 Å². The Morgan fingerprint density at radius 3 is 3.00 bits per heavy atom. The fraction of sp³-hybridized carbons (Fsp3) is 0.400. The fourth-order valence-electron chi connectivity index (χ4n) is 2.82. The summed E-state index contributed by atoms with van der Waals surface area (Å²) in [5, 5.41) is 0.987. The van der Waals surface area contributed by atoms with Crippen molar-refractivity contribution in [3.63, 3.8) is 0 Å². The molecule has 1 aromatic carbocycles. The Morgan fingerprint density at radius 1 is 1.43 bits per heavy atom. The molecule has 1 aliphatic rings. The lowest BCUT2D eigenvalue weighted by Gasteiger charge is -2.23. The van der Waals surface area contributed by atoms with Crippen molar-refractivity contribution in [3.05, 3.63) is 29.0 Å². The molecule has 0 N–H and O–H groups in total. The van der Waals surface area contributed by atoms with E-state index in [-0.39, 0.29) is 5.97 Å². The quantitative estimate of drug-likeness (QED) is 0.780. The Morgan fingerprint density at radius 2 is 2.24 bits per heavy atom. The Balaban J connectivity index is 1.99. The Hall–Kier alpha value is -1.69. The minimum atomic E-state index is -0.474. The smallest absolute Gasteiger partial charge is 0.313 e. The summed E-state index contributed by atoms with van der Waals surface area (Å²) >= 11 is 3.48. The van der Waals surface area contributed by atoms with Gasteiger partial charge in [-0.05, 0) is 31.5 Å². The summed E-state index contributed by atoms with van der Waals surface area (Å²) in [5.41, 5.74) is 0.424. The van der Waals surface area contributed by atoms with Crippen molar-refractivity contribution in [2.75, 3.05) is 25.1 Å². The molecule has 0 amide bonds. The lowest BCUT2D eigenvalue weighted by molar-refractivity contribution is -0.150. The van der Waals surface area contributed by atoms with Crippen molar-refractivity contribution in [3.8, 4) is 0 Å². The van der Waals surface area contributed by atoms with Crippen LogP contribution in [0.1, 0.15) is 13.3 Å². The maximum atomic E-state index is 11.9. The number of rotatable bonds is 2. The number of halogens is 1. The predicted octanol–water partition coefficient (Wildman–Crippen LogP) is 2.78. The van der Waals surface area contributed by atoms with Crippen LogP contribution in [-0.2, 0) is 9.53 Å². The highest BCUT2D eigenvalue weighted by Crippen LogP contribution is 2.36. The van der Waals surface area contributed by atoms with E-state index in [1.165, 1.54) is 7.11 Å². The molecule has 21 heavy (non-hydrogen) atoms. The van der Waals surface area contributed by atoms with Gasteiger partial charge in [0.05, 0.1) is 18.0 Å². The van der Waals surface area contributed by atoms with E-state index < -0.39 is 5.41 Å². The summed E-state index contributed by atoms with van der Waals surface area (Å²) in [4.78, 5) is 22.8. The SMILES string of the molecule is COC(=O)C1(C)CCN(c2ncnc3ccc(Br)cc23)C1. The van der Waals surface area contributed by atoms with E-state index in [9.17, 15) is 4.79 Å². The summed E-state index contributed by atoms with van der Waals surface area (Å²) in [6.07, 6.45) is 2.33. The van der Waals surface area contributed by atoms with Gasteiger partial charge in [-0.3, -0.25) is 4.79 Å². The van der Waals surface area contributed by atoms with Crippen LogP contribution in [0.15, 0.2) is 29.0 Å². The van der Waals surface area contributed by atoms with E-state index in [1.807, 2.05) is 25.1 Å². The van der Waals surface area contributed by atoms with Gasteiger partial charge in [0.2, 0.25) is 0 Å². The van der Waals surface area contributed by atoms with Gasteiger partial charge in [-0.25, -0.2) is 9.97 Å². The first kappa shape index (κ1) is 14.3. The molecule has 2 heterocycles. The van der Waals surface area contributed by atoms with Crippen LogP contribution >= 0.6 is 15.9 Å². The summed E-state index contributed by atoms with van der Waals surface area (Å²) in [6.45, 7) is 3.33. The summed E-state index contributed by atoms with van der Waals surface area (Å²) < 4.78 is 5.91. The van der Waals surface area contributed by atoms with Crippen molar-refractivity contribution in [2.45, 2.75) is 13.3 Å². The third-order valence-corrected chi connectivity index (χ3v) is 4.52. The number of esters is 1. The molecule has 1 atom stereocenters. The second kappa shape index (κ2) is 5.26. The minimum absolute atomic E-state index is 0.162. The molecule has 6 heteroatoms. The standard InChI is InChI=1S/C15H16BrN3O2/c1-15(14(20)21-2)5-6-19(8-15)13-11-7-10(16)3-4-12(11)17-9-18-13/h3-4,7,9H,5-6,8H2,1-2H3. The topological polar surface area (TPSA) is 55.3 Å². The second-order valence-electron chi connectivity index (χ2n) is 5.58. The zero-order valence-corrected chi connectivity index (χ0v) is 13.6. The van der Waals surface area contributed by atoms with Gasteiger partial charge in [0.15, 0.2) is 0 Å². The minimum Gasteiger partial charge on any atom is -0.469 e. The van der Waals surface area contributed by atoms with E-state index in [1.54, 1.807) is 6.33 Å². The third-order valence-electron chi connectivity index (χ3n) is 4.03. The molecule has 110 valence electrons. The molecule has 0 radical (unpaired) electrons. The number of aromatic nitrogens is 2. The Bertz CT molecular complexity index is 706. The first-order chi connectivity index (χ1) is 10.0. The number of benzene rings is 1. The number of nitrogens with zero attached hydrogens (tertiary/aromatic N) is 3. The van der Waals surface area contributed by atoms with E-state index in [2.05, 4.69) is 30.8 Å². The summed E-state index contributed by atoms with van der Waals surface area (Å²) in [6, 6.07) is 5.93. The number of hydrogen-bond donors (Lipinski definition) is 0. The van der Waals surface area contributed by atoms with Crippen LogP contribution in [0.25, 0.3) is 10.9 Å². The maximum Gasteiger partial charge on any atom is 0.313 e. The molecule has 0 saturated carbocycles. The van der Waals surface area contributed by atoms with Crippen LogP contribution in [0.4, 0.5) is 5.82 Å². The molecule has 1 aromatic heterocycles. The summed E-state index contributed by atoms with van der Waals surface area (Å²) in [7, 11) is 1.44. The monoisotopic (exact) mass is 349 g/mol. The van der Waals surface area contributed by atoms with Gasteiger partial charge in [-0.2, -0.15) is 0 Å². The maximum absolute atomic E-state index is 11.9. The third kappa shape index (κ3) is 2.48. The number of ether oxygens (including phenoxy) is 1. The highest BCUT2D eigenvalue weighted by molar-refractivity contribution is 9.10. The Labute approximate surface area is 131 Å². The first-order valence-corrected chi connectivity index (χ1v) is 7.56. The van der Waals surface area contributed by atoms with Crippen molar-refractivity contribution < 1.29 is 9.53 Å². The van der Waals surface area contributed by atoms with Gasteiger partial charge in [-0.1, -0.05) is 15.9 Å². The molecule has 0 bridgehead atoms. The molecule has 1 saturated heterocycles. The average Bonchev–Trinajstić information content (AvgIpc) is 2.89.